The van der Waals surface area contributed by atoms with Crippen molar-refractivity contribution in [3.8, 4) is 0 Å². The number of rotatable bonds is 0. The lowest BCUT2D eigenvalue weighted by Crippen LogP contribution is -2.03. The lowest BCUT2D eigenvalue weighted by molar-refractivity contribution is 1.38. The van der Waals surface area contributed by atoms with Gasteiger partial charge in [-0.1, -0.05) is 48.5 Å². The molecule has 46 heavy (non-hydrogen) atoms. The normalized spacial score (nSPS) is 13.0. The summed E-state index contributed by atoms with van der Waals surface area (Å²) in [5, 5.41) is 26.1. The van der Waals surface area contributed by atoms with Gasteiger partial charge in [-0.25, -0.2) is 0 Å². The van der Waals surface area contributed by atoms with Crippen LogP contribution in [0.3, 0.4) is 0 Å². The van der Waals surface area contributed by atoms with Gasteiger partial charge in [0, 0.05) is 0 Å². The zero-order chi connectivity index (χ0) is 31.8. The van der Waals surface area contributed by atoms with Crippen molar-refractivity contribution in [3.63, 3.8) is 0 Å². The molecule has 0 heteroatoms. The Morgan fingerprint density at radius 2 is 0.457 bits per heavy atom. The molecule has 0 nitrogen and oxygen atoms in total. The van der Waals surface area contributed by atoms with Crippen molar-refractivity contribution in [1.82, 2.24) is 0 Å². The van der Waals surface area contributed by atoms with Crippen LogP contribution in [0.1, 0.15) is 55.6 Å². The van der Waals surface area contributed by atoms with Crippen LogP contribution >= 0.6 is 0 Å². The minimum Gasteiger partial charge on any atom is -0.0584 e. The predicted molar refractivity (Wildman–Crippen MR) is 205 cm³/mol. The van der Waals surface area contributed by atoms with Crippen molar-refractivity contribution in [1.29, 1.82) is 0 Å². The summed E-state index contributed by atoms with van der Waals surface area (Å²) in [6, 6.07) is 19.1. The lowest BCUT2D eigenvalue weighted by Gasteiger charge is -2.29. The van der Waals surface area contributed by atoms with Crippen LogP contribution in [0, 0.1) is 69.2 Å². The third kappa shape index (κ3) is 2.66. The highest BCUT2D eigenvalue weighted by atomic mass is 14.3. The fourth-order valence-corrected chi connectivity index (χ4v) is 10.0. The van der Waals surface area contributed by atoms with Crippen molar-refractivity contribution < 1.29 is 0 Å². The van der Waals surface area contributed by atoms with Gasteiger partial charge in [0.15, 0.2) is 0 Å². The molecule has 0 aliphatic rings. The van der Waals surface area contributed by atoms with E-state index in [0.717, 1.165) is 0 Å². The molecule has 0 amide bonds. The SMILES string of the molecule is Cc1ccc2c3ccc(C)c4c5c(C)c(C)c6c7c(C)c(C)ccc7c7ccc(C)c8c9c(C)c(C)c(c2c1C)c(c34)c9c5c6c78. The first-order valence-corrected chi connectivity index (χ1v) is 16.9. The van der Waals surface area contributed by atoms with Crippen molar-refractivity contribution in [2.75, 3.05) is 0 Å². The van der Waals surface area contributed by atoms with E-state index in [1.165, 1.54) is 153 Å². The molecule has 10 aromatic carbocycles. The first-order valence-electron chi connectivity index (χ1n) is 16.9. The van der Waals surface area contributed by atoms with Gasteiger partial charge in [-0.05, 0) is 222 Å². The van der Waals surface area contributed by atoms with Crippen LogP contribution in [0.15, 0.2) is 48.5 Å². The molecule has 0 radical (unpaired) electrons. The summed E-state index contributed by atoms with van der Waals surface area (Å²) in [5.41, 5.74) is 14.0. The van der Waals surface area contributed by atoms with Crippen LogP contribution in [-0.2, 0) is 0 Å². The number of aryl methyl sites for hydroxylation is 10. The molecule has 0 saturated carbocycles. The summed E-state index contributed by atoms with van der Waals surface area (Å²) >= 11 is 0. The van der Waals surface area contributed by atoms with Crippen molar-refractivity contribution >= 4 is 97.0 Å². The molecular weight excluding hydrogens is 553 g/mol. The van der Waals surface area contributed by atoms with Crippen LogP contribution in [0.4, 0.5) is 0 Å². The topological polar surface area (TPSA) is 0 Å². The van der Waals surface area contributed by atoms with E-state index in [9.17, 15) is 0 Å². The summed E-state index contributed by atoms with van der Waals surface area (Å²) < 4.78 is 0. The lowest BCUT2D eigenvalue weighted by atomic mass is 9.73. The Bertz CT molecular complexity index is 2830. The van der Waals surface area contributed by atoms with E-state index in [-0.39, 0.29) is 0 Å². The Hall–Kier alpha value is -4.68. The second-order valence-corrected chi connectivity index (χ2v) is 14.7. The highest BCUT2D eigenvalue weighted by Crippen LogP contribution is 2.57. The third-order valence-electron chi connectivity index (χ3n) is 12.8. The molecule has 10 rings (SSSR count). The fourth-order valence-electron chi connectivity index (χ4n) is 10.0. The Balaban J connectivity index is 1.76. The monoisotopic (exact) mass is 590 g/mol. The number of benzene rings is 10. The highest BCUT2D eigenvalue weighted by molar-refractivity contribution is 6.53. The standard InChI is InChI=1S/C46H38/c1-19-11-15-29-31-17-13-21(3)33-38-26(8)28(10)40-36-24(6)20(2)12-16-30(36)32-18-14-22(4)34-37-25(7)27(9)39(35(29)23(19)5)43(41(31)33)45(37)46(38)44(40)42(32)34/h11-18H,1-10H3. The zero-order valence-electron chi connectivity index (χ0n) is 28.6. The first kappa shape index (κ1) is 26.5. The number of fused-ring (bicyclic) bond motifs is 8. The Morgan fingerprint density at radius 3 is 0.804 bits per heavy atom. The van der Waals surface area contributed by atoms with Crippen molar-refractivity contribution in [2.45, 2.75) is 69.2 Å². The summed E-state index contributed by atoms with van der Waals surface area (Å²) in [6.45, 7) is 23.5. The van der Waals surface area contributed by atoms with E-state index >= 15 is 0 Å². The van der Waals surface area contributed by atoms with Gasteiger partial charge in [-0.2, -0.15) is 0 Å². The highest BCUT2D eigenvalue weighted by Gasteiger charge is 2.30. The van der Waals surface area contributed by atoms with Crippen LogP contribution in [0.5, 0.6) is 0 Å². The molecule has 0 atom stereocenters. The molecule has 0 aliphatic carbocycles. The molecule has 0 bridgehead atoms. The van der Waals surface area contributed by atoms with Gasteiger partial charge < -0.3 is 0 Å². The molecular formula is C46H38. The van der Waals surface area contributed by atoms with Gasteiger partial charge in [0.25, 0.3) is 0 Å². The maximum absolute atomic E-state index is 2.42. The second kappa shape index (κ2) is 8.18. The molecule has 0 aliphatic heterocycles. The fraction of sp³-hybridized carbons (Fsp3) is 0.217. The van der Waals surface area contributed by atoms with Gasteiger partial charge in [-0.15, -0.1) is 0 Å². The molecule has 10 aromatic rings. The average molecular weight is 591 g/mol. The molecule has 0 aromatic heterocycles. The smallest absolute Gasteiger partial charge is 0.000410 e. The average Bonchev–Trinajstić information content (AvgIpc) is 3.04. The summed E-state index contributed by atoms with van der Waals surface area (Å²) in [5.74, 6) is 0. The maximum atomic E-state index is 2.42. The summed E-state index contributed by atoms with van der Waals surface area (Å²) in [4.78, 5) is 0. The maximum Gasteiger partial charge on any atom is -0.000410 e. The molecule has 0 heterocycles. The van der Waals surface area contributed by atoms with Crippen LogP contribution in [0.25, 0.3) is 97.0 Å². The minimum absolute atomic E-state index is 1.37. The molecule has 222 valence electrons. The van der Waals surface area contributed by atoms with Gasteiger partial charge in [0.2, 0.25) is 0 Å². The Morgan fingerprint density at radius 1 is 0.196 bits per heavy atom. The van der Waals surface area contributed by atoms with E-state index in [2.05, 4.69) is 118 Å². The quantitative estimate of drug-likeness (QED) is 0.122. The van der Waals surface area contributed by atoms with Gasteiger partial charge in [-0.3, -0.25) is 0 Å². The van der Waals surface area contributed by atoms with Crippen LogP contribution < -0.4 is 0 Å². The number of hydrogen-bond acceptors (Lipinski definition) is 0. The van der Waals surface area contributed by atoms with E-state index in [1.54, 1.807) is 0 Å². The van der Waals surface area contributed by atoms with Crippen molar-refractivity contribution in [3.05, 3.63) is 104 Å². The molecule has 0 unspecified atom stereocenters. The molecule has 0 spiro atoms. The van der Waals surface area contributed by atoms with Crippen LogP contribution in [-0.4, -0.2) is 0 Å². The van der Waals surface area contributed by atoms with Crippen LogP contribution in [0.2, 0.25) is 0 Å². The second-order valence-electron chi connectivity index (χ2n) is 14.7. The van der Waals surface area contributed by atoms with E-state index < -0.39 is 0 Å². The minimum atomic E-state index is 1.37. The van der Waals surface area contributed by atoms with E-state index in [4.69, 9.17) is 0 Å². The number of hydrogen-bond donors (Lipinski definition) is 0. The van der Waals surface area contributed by atoms with E-state index in [1.807, 2.05) is 0 Å². The predicted octanol–water partition coefficient (Wildman–Crippen LogP) is 13.5. The molecule has 0 saturated heterocycles. The summed E-state index contributed by atoms with van der Waals surface area (Å²) in [7, 11) is 0. The zero-order valence-corrected chi connectivity index (χ0v) is 28.6. The molecule has 0 N–H and O–H groups in total. The van der Waals surface area contributed by atoms with Gasteiger partial charge >= 0.3 is 0 Å². The first-order chi connectivity index (χ1) is 22.0. The molecule has 0 fully saturated rings. The Kier molecular flexibility index (Phi) is 4.72. The van der Waals surface area contributed by atoms with Gasteiger partial charge in [0.1, 0.15) is 0 Å². The largest absolute Gasteiger partial charge is 0.0584 e. The van der Waals surface area contributed by atoms with Gasteiger partial charge in [0.05, 0.1) is 0 Å². The van der Waals surface area contributed by atoms with Crippen molar-refractivity contribution in [2.24, 2.45) is 0 Å². The Labute approximate surface area is 269 Å². The van der Waals surface area contributed by atoms with E-state index in [0.29, 0.717) is 0 Å². The third-order valence-corrected chi connectivity index (χ3v) is 12.8. The summed E-state index contributed by atoms with van der Waals surface area (Å²) in [6.07, 6.45) is 0.